The number of halogens is 2. The topological polar surface area (TPSA) is 26.0 Å². The maximum atomic E-state index is 5.51. The monoisotopic (exact) mass is 169 g/mol. The summed E-state index contributed by atoms with van der Waals surface area (Å²) >= 11 is 11.0. The van der Waals surface area contributed by atoms with Crippen LogP contribution in [0.15, 0.2) is 0 Å². The Labute approximate surface area is 66.5 Å². The minimum absolute atomic E-state index is 0.528. The normalized spacial score (nSPS) is 10.7. The average Bonchev–Trinajstić information content (AvgIpc) is 1.88. The number of nitrogens with two attached hydrogens (primary N) is 1. The fourth-order valence-corrected chi connectivity index (χ4v) is 1.31. The predicted molar refractivity (Wildman–Crippen MR) is 43.2 cm³/mol. The number of rotatable bonds is 5. The maximum absolute atomic E-state index is 5.51. The highest BCUT2D eigenvalue weighted by atomic mass is 35.5. The van der Waals surface area contributed by atoms with Crippen LogP contribution in [0.2, 0.25) is 0 Å². The minimum atomic E-state index is 0.528. The average molecular weight is 170 g/mol. The van der Waals surface area contributed by atoms with Gasteiger partial charge in [-0.15, -0.1) is 23.2 Å². The molecular formula is C6H13Cl2N. The van der Waals surface area contributed by atoms with Gasteiger partial charge in [0, 0.05) is 11.8 Å². The van der Waals surface area contributed by atoms with Gasteiger partial charge in [0.15, 0.2) is 0 Å². The van der Waals surface area contributed by atoms with E-state index < -0.39 is 0 Å². The summed E-state index contributed by atoms with van der Waals surface area (Å²) in [6.45, 7) is 0.708. The Hall–Kier alpha value is 0.540. The second-order valence-electron chi connectivity index (χ2n) is 2.06. The van der Waals surface area contributed by atoms with Crippen LogP contribution in [-0.4, -0.2) is 18.3 Å². The van der Waals surface area contributed by atoms with Gasteiger partial charge in [0.05, 0.1) is 0 Å². The van der Waals surface area contributed by atoms with Gasteiger partial charge in [0.2, 0.25) is 0 Å². The molecule has 0 aliphatic rings. The Morgan fingerprint density at radius 3 is 1.78 bits per heavy atom. The first kappa shape index (κ1) is 9.54. The smallest absolute Gasteiger partial charge is 0.0226 e. The van der Waals surface area contributed by atoms with E-state index in [-0.39, 0.29) is 0 Å². The van der Waals surface area contributed by atoms with Crippen LogP contribution in [0.3, 0.4) is 0 Å². The van der Waals surface area contributed by atoms with E-state index in [1.807, 2.05) is 0 Å². The lowest BCUT2D eigenvalue weighted by Gasteiger charge is -2.09. The standard InChI is InChI=1S/C6H13Cl2N/c7-3-1-6(5-9)2-4-8/h6H,1-5,9H2. The molecule has 1 nitrogen and oxygen atoms in total. The molecule has 0 unspecified atom stereocenters. The van der Waals surface area contributed by atoms with Crippen LogP contribution < -0.4 is 5.73 Å². The lowest BCUT2D eigenvalue weighted by molar-refractivity contribution is 0.510. The van der Waals surface area contributed by atoms with Crippen molar-refractivity contribution >= 4 is 23.2 Å². The summed E-state index contributed by atoms with van der Waals surface area (Å²) in [6, 6.07) is 0. The van der Waals surface area contributed by atoms with Gasteiger partial charge in [-0.1, -0.05) is 0 Å². The van der Waals surface area contributed by atoms with Gasteiger partial charge in [-0.05, 0) is 25.3 Å². The van der Waals surface area contributed by atoms with Crippen molar-refractivity contribution in [2.75, 3.05) is 18.3 Å². The van der Waals surface area contributed by atoms with E-state index in [9.17, 15) is 0 Å². The third-order valence-electron chi connectivity index (χ3n) is 1.37. The van der Waals surface area contributed by atoms with E-state index in [4.69, 9.17) is 28.9 Å². The molecule has 0 atom stereocenters. The van der Waals surface area contributed by atoms with Crippen molar-refractivity contribution in [1.82, 2.24) is 0 Å². The fourth-order valence-electron chi connectivity index (χ4n) is 0.689. The summed E-state index contributed by atoms with van der Waals surface area (Å²) in [6.07, 6.45) is 1.98. The Kier molecular flexibility index (Phi) is 7.06. The first-order valence-corrected chi connectivity index (χ1v) is 4.24. The number of alkyl halides is 2. The fraction of sp³-hybridized carbons (Fsp3) is 1.00. The molecule has 0 fully saturated rings. The van der Waals surface area contributed by atoms with E-state index in [1.165, 1.54) is 0 Å². The molecule has 2 N–H and O–H groups in total. The van der Waals surface area contributed by atoms with Crippen molar-refractivity contribution in [3.05, 3.63) is 0 Å². The largest absolute Gasteiger partial charge is 0.330 e. The third-order valence-corrected chi connectivity index (χ3v) is 1.80. The van der Waals surface area contributed by atoms with Crippen LogP contribution in [0.4, 0.5) is 0 Å². The van der Waals surface area contributed by atoms with Crippen molar-refractivity contribution in [3.8, 4) is 0 Å². The molecule has 0 aliphatic carbocycles. The SMILES string of the molecule is NCC(CCCl)CCCl. The summed E-state index contributed by atoms with van der Waals surface area (Å²) in [7, 11) is 0. The van der Waals surface area contributed by atoms with Crippen LogP contribution in [0.1, 0.15) is 12.8 Å². The van der Waals surface area contributed by atoms with E-state index in [1.54, 1.807) is 0 Å². The second-order valence-corrected chi connectivity index (χ2v) is 2.81. The van der Waals surface area contributed by atoms with Crippen molar-refractivity contribution in [1.29, 1.82) is 0 Å². The van der Waals surface area contributed by atoms with E-state index in [0.717, 1.165) is 12.8 Å². The third kappa shape index (κ3) is 5.01. The molecular weight excluding hydrogens is 157 g/mol. The van der Waals surface area contributed by atoms with Crippen LogP contribution in [0.25, 0.3) is 0 Å². The highest BCUT2D eigenvalue weighted by Gasteiger charge is 2.03. The van der Waals surface area contributed by atoms with Crippen LogP contribution in [0.5, 0.6) is 0 Å². The molecule has 0 saturated heterocycles. The molecule has 3 heteroatoms. The Morgan fingerprint density at radius 1 is 1.11 bits per heavy atom. The van der Waals surface area contributed by atoms with E-state index >= 15 is 0 Å². The molecule has 0 aromatic rings. The summed E-state index contributed by atoms with van der Waals surface area (Å²) in [5.41, 5.74) is 5.43. The Morgan fingerprint density at radius 2 is 1.56 bits per heavy atom. The molecule has 9 heavy (non-hydrogen) atoms. The summed E-state index contributed by atoms with van der Waals surface area (Å²) in [5, 5.41) is 0. The van der Waals surface area contributed by atoms with Gasteiger partial charge in [0.25, 0.3) is 0 Å². The van der Waals surface area contributed by atoms with Crippen LogP contribution in [0, 0.1) is 5.92 Å². The molecule has 0 aromatic carbocycles. The first-order chi connectivity index (χ1) is 4.35. The lowest BCUT2D eigenvalue weighted by atomic mass is 10.0. The number of hydrogen-bond acceptors (Lipinski definition) is 1. The van der Waals surface area contributed by atoms with Gasteiger partial charge in [-0.3, -0.25) is 0 Å². The molecule has 0 bridgehead atoms. The van der Waals surface area contributed by atoms with Crippen molar-refractivity contribution in [3.63, 3.8) is 0 Å². The second kappa shape index (κ2) is 6.66. The minimum Gasteiger partial charge on any atom is -0.330 e. The van der Waals surface area contributed by atoms with Crippen molar-refractivity contribution < 1.29 is 0 Å². The van der Waals surface area contributed by atoms with Crippen molar-refractivity contribution in [2.45, 2.75) is 12.8 Å². The first-order valence-electron chi connectivity index (χ1n) is 3.17. The molecule has 0 radical (unpaired) electrons. The predicted octanol–water partition coefficient (Wildman–Crippen LogP) is 1.82. The van der Waals surface area contributed by atoms with Gasteiger partial charge >= 0.3 is 0 Å². The van der Waals surface area contributed by atoms with Gasteiger partial charge in [-0.25, -0.2) is 0 Å². The van der Waals surface area contributed by atoms with Crippen molar-refractivity contribution in [2.24, 2.45) is 11.7 Å². The summed E-state index contributed by atoms with van der Waals surface area (Å²) < 4.78 is 0. The van der Waals surface area contributed by atoms with Gasteiger partial charge in [-0.2, -0.15) is 0 Å². The number of hydrogen-bond donors (Lipinski definition) is 1. The highest BCUT2D eigenvalue weighted by Crippen LogP contribution is 2.08. The zero-order valence-electron chi connectivity index (χ0n) is 5.45. The van der Waals surface area contributed by atoms with E-state index in [2.05, 4.69) is 0 Å². The van der Waals surface area contributed by atoms with Crippen LogP contribution >= 0.6 is 23.2 Å². The van der Waals surface area contributed by atoms with Gasteiger partial charge in [0.1, 0.15) is 0 Å². The zero-order chi connectivity index (χ0) is 7.11. The molecule has 0 rings (SSSR count). The quantitative estimate of drug-likeness (QED) is 0.625. The molecule has 0 spiro atoms. The molecule has 0 heterocycles. The molecule has 56 valence electrons. The van der Waals surface area contributed by atoms with E-state index in [0.29, 0.717) is 24.2 Å². The Balaban J connectivity index is 3.18. The maximum Gasteiger partial charge on any atom is 0.0226 e. The molecule has 0 amide bonds. The Bertz CT molecular complexity index is 53.0. The van der Waals surface area contributed by atoms with Crippen LogP contribution in [-0.2, 0) is 0 Å². The summed E-state index contributed by atoms with van der Waals surface area (Å²) in [4.78, 5) is 0. The molecule has 0 saturated carbocycles. The van der Waals surface area contributed by atoms with Gasteiger partial charge < -0.3 is 5.73 Å². The summed E-state index contributed by atoms with van der Waals surface area (Å²) in [5.74, 6) is 1.91. The molecule has 0 aromatic heterocycles. The molecule has 0 aliphatic heterocycles. The lowest BCUT2D eigenvalue weighted by Crippen LogP contribution is -2.15. The highest BCUT2D eigenvalue weighted by molar-refractivity contribution is 6.18. The zero-order valence-corrected chi connectivity index (χ0v) is 6.96.